The molecule has 0 saturated carbocycles. The van der Waals surface area contributed by atoms with Crippen molar-refractivity contribution < 1.29 is 14.0 Å². The molecular formula is C28H33FN2O2S. The van der Waals surface area contributed by atoms with E-state index in [1.807, 2.05) is 63.2 Å². The van der Waals surface area contributed by atoms with Crippen molar-refractivity contribution in [1.82, 2.24) is 9.80 Å². The summed E-state index contributed by atoms with van der Waals surface area (Å²) in [4.78, 5) is 32.4. The molecule has 0 radical (unpaired) electrons. The van der Waals surface area contributed by atoms with E-state index in [2.05, 4.69) is 0 Å². The van der Waals surface area contributed by atoms with Crippen molar-refractivity contribution in [2.24, 2.45) is 0 Å². The van der Waals surface area contributed by atoms with Gasteiger partial charge >= 0.3 is 0 Å². The summed E-state index contributed by atoms with van der Waals surface area (Å²) in [5, 5.41) is 0. The smallest absolute Gasteiger partial charge is 0.242 e. The van der Waals surface area contributed by atoms with E-state index < -0.39 is 0 Å². The van der Waals surface area contributed by atoms with Crippen LogP contribution in [0.4, 0.5) is 4.39 Å². The number of amides is 2. The number of carbonyl (C=O) groups is 2. The monoisotopic (exact) mass is 480 g/mol. The van der Waals surface area contributed by atoms with Gasteiger partial charge in [0.1, 0.15) is 12.4 Å². The second kappa shape index (κ2) is 12.5. The van der Waals surface area contributed by atoms with Crippen LogP contribution in [0.3, 0.4) is 0 Å². The van der Waals surface area contributed by atoms with Crippen LogP contribution in [-0.2, 0) is 29.1 Å². The summed E-state index contributed by atoms with van der Waals surface area (Å²) in [6.45, 7) is 6.91. The van der Waals surface area contributed by atoms with E-state index in [-0.39, 0.29) is 30.2 Å². The van der Waals surface area contributed by atoms with Crippen LogP contribution in [0.15, 0.2) is 66.7 Å². The summed E-state index contributed by atoms with van der Waals surface area (Å²) in [7, 11) is 0. The van der Waals surface area contributed by atoms with Crippen LogP contribution in [-0.4, -0.2) is 34.2 Å². The predicted octanol–water partition coefficient (Wildman–Crippen LogP) is 5.98. The highest BCUT2D eigenvalue weighted by atomic mass is 32.1. The summed E-state index contributed by atoms with van der Waals surface area (Å²) in [5.41, 5.74) is 1.96. The highest BCUT2D eigenvalue weighted by molar-refractivity contribution is 7.11. The molecule has 2 aromatic carbocycles. The number of aryl methyl sites for hydroxylation is 2. The first-order chi connectivity index (χ1) is 16.4. The van der Waals surface area contributed by atoms with Crippen LogP contribution in [0.2, 0.25) is 0 Å². The molecule has 0 N–H and O–H groups in total. The summed E-state index contributed by atoms with van der Waals surface area (Å²) in [5.74, 6) is -0.425. The molecule has 3 rings (SSSR count). The minimum Gasteiger partial charge on any atom is -0.332 e. The third kappa shape index (κ3) is 7.52. The van der Waals surface area contributed by atoms with Gasteiger partial charge in [-0.3, -0.25) is 9.59 Å². The molecule has 0 spiro atoms. The molecule has 1 unspecified atom stereocenters. The normalized spacial score (nSPS) is 11.8. The van der Waals surface area contributed by atoms with Crippen molar-refractivity contribution in [2.75, 3.05) is 6.54 Å². The molecule has 0 aliphatic heterocycles. The molecule has 180 valence electrons. The highest BCUT2D eigenvalue weighted by Crippen LogP contribution is 2.20. The van der Waals surface area contributed by atoms with Crippen molar-refractivity contribution in [2.45, 2.75) is 59.2 Å². The van der Waals surface area contributed by atoms with E-state index in [1.165, 1.54) is 17.0 Å². The van der Waals surface area contributed by atoms with Gasteiger partial charge in [0.15, 0.2) is 0 Å². The topological polar surface area (TPSA) is 40.6 Å². The van der Waals surface area contributed by atoms with Crippen molar-refractivity contribution in [3.63, 3.8) is 0 Å². The average molecular weight is 481 g/mol. The van der Waals surface area contributed by atoms with Crippen LogP contribution >= 0.6 is 11.3 Å². The first-order valence-electron chi connectivity index (χ1n) is 11.8. The third-order valence-electron chi connectivity index (χ3n) is 6.00. The van der Waals surface area contributed by atoms with Crippen molar-refractivity contribution >= 4 is 23.2 Å². The first kappa shape index (κ1) is 25.6. The molecule has 1 heterocycles. The van der Waals surface area contributed by atoms with Gasteiger partial charge in [-0.25, -0.2) is 4.39 Å². The molecule has 0 bridgehead atoms. The highest BCUT2D eigenvalue weighted by Gasteiger charge is 2.25. The van der Waals surface area contributed by atoms with Crippen LogP contribution in [0.1, 0.15) is 47.6 Å². The Hall–Kier alpha value is -2.99. The van der Waals surface area contributed by atoms with Crippen LogP contribution in [0, 0.1) is 12.7 Å². The maximum absolute atomic E-state index is 13.5. The fourth-order valence-electron chi connectivity index (χ4n) is 3.80. The molecule has 0 saturated heterocycles. The Balaban J connectivity index is 1.74. The molecule has 3 aromatic rings. The Morgan fingerprint density at radius 2 is 1.62 bits per heavy atom. The van der Waals surface area contributed by atoms with E-state index in [4.69, 9.17) is 0 Å². The standard InChI is InChI=1S/C28H33FN2O2S/c1-4-21(2)31(27(32)17-13-23-8-6-5-7-9-23)20-28(33)30(19-26-16-10-22(3)34-26)18-24-11-14-25(29)15-12-24/h5-12,14-16,21H,4,13,17-20H2,1-3H3. The predicted molar refractivity (Wildman–Crippen MR) is 136 cm³/mol. The number of thiophene rings is 1. The molecule has 1 aromatic heterocycles. The zero-order chi connectivity index (χ0) is 24.5. The van der Waals surface area contributed by atoms with E-state index in [9.17, 15) is 14.0 Å². The Morgan fingerprint density at radius 1 is 0.912 bits per heavy atom. The lowest BCUT2D eigenvalue weighted by Gasteiger charge is -2.31. The maximum Gasteiger partial charge on any atom is 0.242 e. The minimum absolute atomic E-state index is 0.0137. The summed E-state index contributed by atoms with van der Waals surface area (Å²) in [6, 6.07) is 20.2. The van der Waals surface area contributed by atoms with E-state index in [0.717, 1.165) is 22.4 Å². The number of carbonyl (C=O) groups excluding carboxylic acids is 2. The number of rotatable bonds is 11. The Bertz CT molecular complexity index is 1070. The maximum atomic E-state index is 13.5. The minimum atomic E-state index is -0.303. The molecule has 4 nitrogen and oxygen atoms in total. The fourth-order valence-corrected chi connectivity index (χ4v) is 4.70. The van der Waals surface area contributed by atoms with Gasteiger partial charge in [-0.2, -0.15) is 0 Å². The first-order valence-corrected chi connectivity index (χ1v) is 12.6. The fraction of sp³-hybridized carbons (Fsp3) is 0.357. The summed E-state index contributed by atoms with van der Waals surface area (Å²) in [6.07, 6.45) is 1.78. The van der Waals surface area contributed by atoms with Crippen LogP contribution < -0.4 is 0 Å². The lowest BCUT2D eigenvalue weighted by molar-refractivity contribution is -0.143. The summed E-state index contributed by atoms with van der Waals surface area (Å²) < 4.78 is 13.4. The van der Waals surface area contributed by atoms with Gasteiger partial charge in [-0.15, -0.1) is 11.3 Å². The van der Waals surface area contributed by atoms with Crippen molar-refractivity contribution in [3.8, 4) is 0 Å². The van der Waals surface area contributed by atoms with Gasteiger partial charge in [0.2, 0.25) is 11.8 Å². The zero-order valence-corrected chi connectivity index (χ0v) is 21.0. The average Bonchev–Trinajstić information content (AvgIpc) is 3.26. The van der Waals surface area contributed by atoms with E-state index >= 15 is 0 Å². The van der Waals surface area contributed by atoms with E-state index in [0.29, 0.717) is 25.9 Å². The number of halogens is 1. The quantitative estimate of drug-likeness (QED) is 0.339. The van der Waals surface area contributed by atoms with Gasteiger partial charge < -0.3 is 9.80 Å². The second-order valence-electron chi connectivity index (χ2n) is 8.65. The molecule has 0 aliphatic rings. The number of hydrogen-bond acceptors (Lipinski definition) is 3. The lowest BCUT2D eigenvalue weighted by Crippen LogP contribution is -2.46. The molecule has 0 aliphatic carbocycles. The largest absolute Gasteiger partial charge is 0.332 e. The molecule has 2 amide bonds. The van der Waals surface area contributed by atoms with Gasteiger partial charge in [0, 0.05) is 28.8 Å². The van der Waals surface area contributed by atoms with Gasteiger partial charge in [-0.1, -0.05) is 49.4 Å². The Morgan fingerprint density at radius 3 is 2.24 bits per heavy atom. The number of benzene rings is 2. The van der Waals surface area contributed by atoms with Gasteiger partial charge in [0.25, 0.3) is 0 Å². The number of nitrogens with zero attached hydrogens (tertiary/aromatic N) is 2. The lowest BCUT2D eigenvalue weighted by atomic mass is 10.1. The molecule has 0 fully saturated rings. The molecule has 1 atom stereocenters. The Kier molecular flexibility index (Phi) is 9.40. The second-order valence-corrected chi connectivity index (χ2v) is 10.0. The van der Waals surface area contributed by atoms with Gasteiger partial charge in [0.05, 0.1) is 6.54 Å². The van der Waals surface area contributed by atoms with Crippen molar-refractivity contribution in [3.05, 3.63) is 93.4 Å². The van der Waals surface area contributed by atoms with E-state index in [1.54, 1.807) is 33.3 Å². The van der Waals surface area contributed by atoms with Crippen molar-refractivity contribution in [1.29, 1.82) is 0 Å². The Labute approximate surface area is 206 Å². The SMILES string of the molecule is CCC(C)N(CC(=O)N(Cc1ccc(F)cc1)Cc1ccc(C)s1)C(=O)CCc1ccccc1. The van der Waals surface area contributed by atoms with Crippen LogP contribution in [0.5, 0.6) is 0 Å². The molecule has 6 heteroatoms. The molecule has 34 heavy (non-hydrogen) atoms. The van der Waals surface area contributed by atoms with Gasteiger partial charge in [-0.05, 0) is 62.1 Å². The number of hydrogen-bond donors (Lipinski definition) is 0. The third-order valence-corrected chi connectivity index (χ3v) is 6.99. The zero-order valence-electron chi connectivity index (χ0n) is 20.2. The molecular weight excluding hydrogens is 447 g/mol. The van der Waals surface area contributed by atoms with Crippen LogP contribution in [0.25, 0.3) is 0 Å². The summed E-state index contributed by atoms with van der Waals surface area (Å²) >= 11 is 1.65.